The molecule has 1 aliphatic heterocycles. The van der Waals surface area contributed by atoms with Gasteiger partial charge in [0.05, 0.1) is 0 Å². The lowest BCUT2D eigenvalue weighted by Crippen LogP contribution is -2.33. The molecule has 1 unspecified atom stereocenters. The molecule has 0 aromatic rings. The molecule has 96 valence electrons. The van der Waals surface area contributed by atoms with Gasteiger partial charge in [0.25, 0.3) is 0 Å². The van der Waals surface area contributed by atoms with E-state index < -0.39 is 0 Å². The first-order valence-corrected chi connectivity index (χ1v) is 7.32. The van der Waals surface area contributed by atoms with E-state index in [0.717, 1.165) is 6.04 Å². The molecule has 0 saturated carbocycles. The summed E-state index contributed by atoms with van der Waals surface area (Å²) >= 11 is 0. The van der Waals surface area contributed by atoms with Crippen molar-refractivity contribution < 1.29 is 0 Å². The van der Waals surface area contributed by atoms with Crippen LogP contribution in [0.3, 0.4) is 0 Å². The van der Waals surface area contributed by atoms with Crippen LogP contribution in [0.1, 0.15) is 58.8 Å². The van der Waals surface area contributed by atoms with E-state index in [9.17, 15) is 0 Å². The molecule has 0 bridgehead atoms. The fourth-order valence-electron chi connectivity index (χ4n) is 2.54. The second-order valence-corrected chi connectivity index (χ2v) is 5.10. The maximum absolute atomic E-state index is 3.64. The molecule has 1 saturated heterocycles. The molecule has 16 heavy (non-hydrogen) atoms. The van der Waals surface area contributed by atoms with E-state index in [4.69, 9.17) is 0 Å². The fraction of sp³-hybridized carbons (Fsp3) is 1.00. The lowest BCUT2D eigenvalue weighted by molar-refractivity contribution is 0.221. The first kappa shape index (κ1) is 14.0. The first-order valence-electron chi connectivity index (χ1n) is 7.32. The molecule has 2 heteroatoms. The summed E-state index contributed by atoms with van der Waals surface area (Å²) in [5, 5.41) is 3.64. The van der Waals surface area contributed by atoms with Crippen LogP contribution in [0.15, 0.2) is 0 Å². The predicted molar refractivity (Wildman–Crippen MR) is 71.9 cm³/mol. The van der Waals surface area contributed by atoms with Gasteiger partial charge in [-0.15, -0.1) is 0 Å². The van der Waals surface area contributed by atoms with Gasteiger partial charge in [-0.2, -0.15) is 0 Å². The van der Waals surface area contributed by atoms with Crippen LogP contribution < -0.4 is 5.32 Å². The molecule has 0 aliphatic carbocycles. The van der Waals surface area contributed by atoms with Crippen molar-refractivity contribution in [1.29, 1.82) is 0 Å². The van der Waals surface area contributed by atoms with E-state index in [-0.39, 0.29) is 0 Å². The normalized spacial score (nSPS) is 19.9. The van der Waals surface area contributed by atoms with Gasteiger partial charge < -0.3 is 10.2 Å². The Kier molecular flexibility index (Phi) is 7.87. The lowest BCUT2D eigenvalue weighted by Gasteiger charge is -2.27. The zero-order chi connectivity index (χ0) is 11.6. The molecule has 0 amide bonds. The summed E-state index contributed by atoms with van der Waals surface area (Å²) in [5.74, 6) is 0. The molecule has 1 fully saturated rings. The van der Waals surface area contributed by atoms with E-state index in [1.165, 1.54) is 71.1 Å². The number of nitrogens with zero attached hydrogens (tertiary/aromatic N) is 1. The average molecular weight is 226 g/mol. The topological polar surface area (TPSA) is 15.3 Å². The van der Waals surface area contributed by atoms with Crippen molar-refractivity contribution in [2.45, 2.75) is 64.8 Å². The number of hydrogen-bond donors (Lipinski definition) is 1. The smallest absolute Gasteiger partial charge is 0.00649 e. The van der Waals surface area contributed by atoms with Gasteiger partial charge in [-0.1, -0.05) is 20.3 Å². The Labute approximate surface area is 102 Å². The standard InChI is InChI=1S/C14H30N2/c1-3-10-15-14(4-2)9-8-13-16-11-6-5-7-12-16/h14-15H,3-13H2,1-2H3. The Morgan fingerprint density at radius 3 is 2.50 bits per heavy atom. The molecule has 0 aromatic carbocycles. The monoisotopic (exact) mass is 226 g/mol. The summed E-state index contributed by atoms with van der Waals surface area (Å²) in [5.41, 5.74) is 0. The van der Waals surface area contributed by atoms with Crippen LogP contribution in [0.2, 0.25) is 0 Å². The molecule has 0 radical (unpaired) electrons. The molecule has 2 nitrogen and oxygen atoms in total. The number of rotatable bonds is 8. The van der Waals surface area contributed by atoms with Gasteiger partial charge in [0, 0.05) is 6.04 Å². The molecule has 1 aliphatic rings. The quantitative estimate of drug-likeness (QED) is 0.684. The Balaban J connectivity index is 2.02. The Hall–Kier alpha value is -0.0800. The third-order valence-corrected chi connectivity index (χ3v) is 3.65. The SMILES string of the molecule is CCCNC(CC)CCCN1CCCCC1. The van der Waals surface area contributed by atoms with Crippen LogP contribution >= 0.6 is 0 Å². The summed E-state index contributed by atoms with van der Waals surface area (Å²) in [7, 11) is 0. The third kappa shape index (κ3) is 5.86. The van der Waals surface area contributed by atoms with Crippen LogP contribution in [-0.2, 0) is 0 Å². The number of piperidine rings is 1. The highest BCUT2D eigenvalue weighted by Gasteiger charge is 2.10. The summed E-state index contributed by atoms with van der Waals surface area (Å²) in [6, 6.07) is 0.754. The lowest BCUT2D eigenvalue weighted by atomic mass is 10.1. The summed E-state index contributed by atoms with van der Waals surface area (Å²) in [4.78, 5) is 2.65. The van der Waals surface area contributed by atoms with Crippen LogP contribution in [-0.4, -0.2) is 37.1 Å². The molecule has 0 aromatic heterocycles. The minimum Gasteiger partial charge on any atom is -0.314 e. The second-order valence-electron chi connectivity index (χ2n) is 5.10. The van der Waals surface area contributed by atoms with Gasteiger partial charge in [0.1, 0.15) is 0 Å². The molecular weight excluding hydrogens is 196 g/mol. The van der Waals surface area contributed by atoms with Crippen molar-refractivity contribution in [3.05, 3.63) is 0 Å². The average Bonchev–Trinajstić information content (AvgIpc) is 2.35. The zero-order valence-electron chi connectivity index (χ0n) is 11.3. The zero-order valence-corrected chi connectivity index (χ0v) is 11.3. The molecule has 1 rings (SSSR count). The predicted octanol–water partition coefficient (Wildman–Crippen LogP) is 3.03. The Morgan fingerprint density at radius 2 is 1.88 bits per heavy atom. The fourth-order valence-corrected chi connectivity index (χ4v) is 2.54. The van der Waals surface area contributed by atoms with E-state index in [1.54, 1.807) is 0 Å². The van der Waals surface area contributed by atoms with Crippen LogP contribution in [0.5, 0.6) is 0 Å². The van der Waals surface area contributed by atoms with Crippen molar-refractivity contribution in [2.75, 3.05) is 26.2 Å². The highest BCUT2D eigenvalue weighted by atomic mass is 15.1. The van der Waals surface area contributed by atoms with Crippen molar-refractivity contribution in [2.24, 2.45) is 0 Å². The van der Waals surface area contributed by atoms with E-state index in [2.05, 4.69) is 24.1 Å². The molecule has 1 atom stereocenters. The van der Waals surface area contributed by atoms with E-state index in [1.807, 2.05) is 0 Å². The number of nitrogens with one attached hydrogen (secondary N) is 1. The maximum atomic E-state index is 3.64. The summed E-state index contributed by atoms with van der Waals surface area (Å²) < 4.78 is 0. The van der Waals surface area contributed by atoms with Crippen molar-refractivity contribution in [3.8, 4) is 0 Å². The first-order chi connectivity index (χ1) is 7.86. The molecule has 0 spiro atoms. The van der Waals surface area contributed by atoms with E-state index in [0.29, 0.717) is 0 Å². The van der Waals surface area contributed by atoms with Gasteiger partial charge in [-0.05, 0) is 64.7 Å². The summed E-state index contributed by atoms with van der Waals surface area (Å²) in [6.45, 7) is 9.74. The number of likely N-dealkylation sites (tertiary alicyclic amines) is 1. The number of hydrogen-bond acceptors (Lipinski definition) is 2. The minimum atomic E-state index is 0.754. The maximum Gasteiger partial charge on any atom is 0.00649 e. The van der Waals surface area contributed by atoms with Gasteiger partial charge in [-0.25, -0.2) is 0 Å². The van der Waals surface area contributed by atoms with Crippen LogP contribution in [0, 0.1) is 0 Å². The third-order valence-electron chi connectivity index (χ3n) is 3.65. The Morgan fingerprint density at radius 1 is 1.12 bits per heavy atom. The highest BCUT2D eigenvalue weighted by molar-refractivity contribution is 4.68. The van der Waals surface area contributed by atoms with Crippen molar-refractivity contribution in [3.63, 3.8) is 0 Å². The molecule has 1 N–H and O–H groups in total. The minimum absolute atomic E-state index is 0.754. The van der Waals surface area contributed by atoms with Gasteiger partial charge in [-0.3, -0.25) is 0 Å². The van der Waals surface area contributed by atoms with Crippen molar-refractivity contribution >= 4 is 0 Å². The van der Waals surface area contributed by atoms with Gasteiger partial charge in [0.2, 0.25) is 0 Å². The summed E-state index contributed by atoms with van der Waals surface area (Å²) in [6.07, 6.45) is 9.55. The van der Waals surface area contributed by atoms with Gasteiger partial charge >= 0.3 is 0 Å². The Bertz CT molecular complexity index is 153. The molecule has 1 heterocycles. The largest absolute Gasteiger partial charge is 0.314 e. The second kappa shape index (κ2) is 9.00. The van der Waals surface area contributed by atoms with Crippen LogP contribution in [0.4, 0.5) is 0 Å². The molecular formula is C14H30N2. The van der Waals surface area contributed by atoms with Crippen molar-refractivity contribution in [1.82, 2.24) is 10.2 Å². The van der Waals surface area contributed by atoms with Gasteiger partial charge in [0.15, 0.2) is 0 Å². The highest BCUT2D eigenvalue weighted by Crippen LogP contribution is 2.10. The van der Waals surface area contributed by atoms with E-state index >= 15 is 0 Å². The van der Waals surface area contributed by atoms with Crippen LogP contribution in [0.25, 0.3) is 0 Å².